The number of benzene rings is 1. The number of hydrogen-bond acceptors (Lipinski definition) is 3. The Kier molecular flexibility index (Phi) is 4.23. The van der Waals surface area contributed by atoms with Gasteiger partial charge >= 0.3 is 0 Å². The molecule has 1 aromatic heterocycles. The van der Waals surface area contributed by atoms with Gasteiger partial charge in [-0.3, -0.25) is 4.68 Å². The highest BCUT2D eigenvalue weighted by molar-refractivity contribution is 6.31. The van der Waals surface area contributed by atoms with Crippen molar-refractivity contribution in [1.82, 2.24) is 9.78 Å². The van der Waals surface area contributed by atoms with Crippen LogP contribution in [0, 0.1) is 0 Å². The summed E-state index contributed by atoms with van der Waals surface area (Å²) in [4.78, 5) is 0. The Morgan fingerprint density at radius 1 is 1.39 bits per heavy atom. The van der Waals surface area contributed by atoms with Crippen LogP contribution >= 0.6 is 11.6 Å². The lowest BCUT2D eigenvalue weighted by Gasteiger charge is -2.15. The van der Waals surface area contributed by atoms with E-state index in [4.69, 9.17) is 22.1 Å². The topological polar surface area (TPSA) is 53.1 Å². The summed E-state index contributed by atoms with van der Waals surface area (Å²) in [7, 11) is 0. The molecule has 4 nitrogen and oxygen atoms in total. The molecular formula is C13H16ClN3O. The average Bonchev–Trinajstić information content (AvgIpc) is 2.78. The van der Waals surface area contributed by atoms with E-state index in [1.54, 1.807) is 10.9 Å². The maximum absolute atomic E-state index is 6.09. The van der Waals surface area contributed by atoms with Gasteiger partial charge in [-0.25, -0.2) is 0 Å². The molecule has 0 amide bonds. The van der Waals surface area contributed by atoms with Gasteiger partial charge in [0.25, 0.3) is 0 Å². The van der Waals surface area contributed by atoms with E-state index in [-0.39, 0.29) is 6.04 Å². The molecule has 96 valence electrons. The molecule has 1 heterocycles. The number of hydrogen-bond donors (Lipinski definition) is 1. The Labute approximate surface area is 111 Å². The second-order valence-electron chi connectivity index (χ2n) is 3.92. The van der Waals surface area contributed by atoms with Crippen LogP contribution in [0.2, 0.25) is 5.02 Å². The van der Waals surface area contributed by atoms with Crippen LogP contribution in [0.1, 0.15) is 18.7 Å². The molecule has 0 aliphatic carbocycles. The summed E-state index contributed by atoms with van der Waals surface area (Å²) in [6.45, 7) is 3.11. The Hall–Kier alpha value is -1.52. The van der Waals surface area contributed by atoms with Gasteiger partial charge in [0, 0.05) is 6.54 Å². The minimum Gasteiger partial charge on any atom is -0.492 e. The van der Waals surface area contributed by atoms with E-state index in [0.717, 1.165) is 18.0 Å². The smallest absolute Gasteiger partial charge is 0.119 e. The highest BCUT2D eigenvalue weighted by Crippen LogP contribution is 2.22. The lowest BCUT2D eigenvalue weighted by Crippen LogP contribution is -2.22. The van der Waals surface area contributed by atoms with Crippen LogP contribution in [0.4, 0.5) is 0 Å². The molecule has 0 fully saturated rings. The molecule has 2 aromatic rings. The fraction of sp³-hybridized carbons (Fsp3) is 0.308. The van der Waals surface area contributed by atoms with Crippen molar-refractivity contribution < 1.29 is 4.74 Å². The highest BCUT2D eigenvalue weighted by Gasteiger charge is 2.16. The Morgan fingerprint density at radius 3 is 2.78 bits per heavy atom. The van der Waals surface area contributed by atoms with E-state index >= 15 is 0 Å². The molecule has 1 atom stereocenters. The fourth-order valence-electron chi connectivity index (χ4n) is 1.77. The number of nitrogens with zero attached hydrogens (tertiary/aromatic N) is 2. The molecule has 18 heavy (non-hydrogen) atoms. The van der Waals surface area contributed by atoms with Crippen LogP contribution in [0.15, 0.2) is 36.5 Å². The SMILES string of the molecule is CCn1ncc(Cl)c1C(N)COc1ccccc1. The van der Waals surface area contributed by atoms with Gasteiger partial charge in [0.15, 0.2) is 0 Å². The molecular weight excluding hydrogens is 250 g/mol. The second-order valence-corrected chi connectivity index (χ2v) is 4.33. The number of rotatable bonds is 5. The van der Waals surface area contributed by atoms with E-state index in [0.29, 0.717) is 11.6 Å². The van der Waals surface area contributed by atoms with Crippen LogP contribution in [0.5, 0.6) is 5.75 Å². The first-order valence-electron chi connectivity index (χ1n) is 5.87. The summed E-state index contributed by atoms with van der Waals surface area (Å²) in [5, 5.41) is 4.74. The van der Waals surface area contributed by atoms with Gasteiger partial charge in [-0.05, 0) is 19.1 Å². The summed E-state index contributed by atoms with van der Waals surface area (Å²) in [5.41, 5.74) is 6.91. The second kappa shape index (κ2) is 5.89. The molecule has 5 heteroatoms. The van der Waals surface area contributed by atoms with Crippen molar-refractivity contribution in [2.45, 2.75) is 19.5 Å². The van der Waals surface area contributed by atoms with E-state index < -0.39 is 0 Å². The number of aryl methyl sites for hydroxylation is 1. The maximum atomic E-state index is 6.09. The number of halogens is 1. The molecule has 2 N–H and O–H groups in total. The number of ether oxygens (including phenoxy) is 1. The monoisotopic (exact) mass is 265 g/mol. The third-order valence-corrected chi connectivity index (χ3v) is 2.95. The first-order valence-corrected chi connectivity index (χ1v) is 6.24. The molecule has 2 rings (SSSR count). The summed E-state index contributed by atoms with van der Waals surface area (Å²) in [5.74, 6) is 0.798. The van der Waals surface area contributed by atoms with Gasteiger partial charge in [0.05, 0.1) is 23.0 Å². The van der Waals surface area contributed by atoms with E-state index in [1.807, 2.05) is 37.3 Å². The zero-order valence-electron chi connectivity index (χ0n) is 10.2. The predicted octanol–water partition coefficient (Wildman–Crippen LogP) is 2.64. The first-order chi connectivity index (χ1) is 8.72. The van der Waals surface area contributed by atoms with Gasteiger partial charge in [-0.2, -0.15) is 5.10 Å². The standard InChI is InChI=1S/C13H16ClN3O/c1-2-17-13(11(14)8-16-17)12(15)9-18-10-6-4-3-5-7-10/h3-8,12H,2,9,15H2,1H3. The largest absolute Gasteiger partial charge is 0.492 e. The molecule has 0 saturated heterocycles. The lowest BCUT2D eigenvalue weighted by atomic mass is 10.2. The molecule has 1 aromatic carbocycles. The minimum atomic E-state index is -0.292. The number of aromatic nitrogens is 2. The van der Waals surface area contributed by atoms with E-state index in [2.05, 4.69) is 5.10 Å². The van der Waals surface area contributed by atoms with Gasteiger partial charge in [0.2, 0.25) is 0 Å². The Morgan fingerprint density at radius 2 is 2.11 bits per heavy atom. The molecule has 0 bridgehead atoms. The maximum Gasteiger partial charge on any atom is 0.119 e. The normalized spacial score (nSPS) is 12.4. The van der Waals surface area contributed by atoms with Crippen LogP contribution in [-0.4, -0.2) is 16.4 Å². The van der Waals surface area contributed by atoms with Crippen molar-refractivity contribution in [3.8, 4) is 5.75 Å². The molecule has 0 radical (unpaired) electrons. The van der Waals surface area contributed by atoms with Gasteiger partial charge < -0.3 is 10.5 Å². The summed E-state index contributed by atoms with van der Waals surface area (Å²) >= 11 is 6.08. The van der Waals surface area contributed by atoms with Crippen molar-refractivity contribution in [3.63, 3.8) is 0 Å². The quantitative estimate of drug-likeness (QED) is 0.904. The van der Waals surface area contributed by atoms with Crippen molar-refractivity contribution in [2.75, 3.05) is 6.61 Å². The molecule has 0 aliphatic heterocycles. The fourth-order valence-corrected chi connectivity index (χ4v) is 2.06. The van der Waals surface area contributed by atoms with Gasteiger partial charge in [-0.15, -0.1) is 0 Å². The summed E-state index contributed by atoms with van der Waals surface area (Å²) in [6, 6.07) is 9.28. The van der Waals surface area contributed by atoms with Crippen LogP contribution in [0.25, 0.3) is 0 Å². The van der Waals surface area contributed by atoms with Crippen molar-refractivity contribution in [3.05, 3.63) is 47.2 Å². The highest BCUT2D eigenvalue weighted by atomic mass is 35.5. The molecule has 1 unspecified atom stereocenters. The van der Waals surface area contributed by atoms with Crippen molar-refractivity contribution in [1.29, 1.82) is 0 Å². The van der Waals surface area contributed by atoms with Crippen LogP contribution in [-0.2, 0) is 6.54 Å². The van der Waals surface area contributed by atoms with Crippen LogP contribution in [0.3, 0.4) is 0 Å². The molecule has 0 aliphatic rings. The zero-order valence-corrected chi connectivity index (χ0v) is 11.0. The number of nitrogens with two attached hydrogens (primary N) is 1. The Balaban J connectivity index is 2.03. The first kappa shape index (κ1) is 12.9. The van der Waals surface area contributed by atoms with Crippen molar-refractivity contribution >= 4 is 11.6 Å². The summed E-state index contributed by atoms with van der Waals surface area (Å²) in [6.07, 6.45) is 1.61. The van der Waals surface area contributed by atoms with Crippen molar-refractivity contribution in [2.24, 2.45) is 5.73 Å². The lowest BCUT2D eigenvalue weighted by molar-refractivity contribution is 0.284. The Bertz CT molecular complexity index is 498. The van der Waals surface area contributed by atoms with E-state index in [9.17, 15) is 0 Å². The van der Waals surface area contributed by atoms with Crippen LogP contribution < -0.4 is 10.5 Å². The predicted molar refractivity (Wildman–Crippen MR) is 71.8 cm³/mol. The third kappa shape index (κ3) is 2.83. The van der Waals surface area contributed by atoms with Gasteiger partial charge in [0.1, 0.15) is 12.4 Å². The molecule has 0 saturated carbocycles. The van der Waals surface area contributed by atoms with E-state index in [1.165, 1.54) is 0 Å². The zero-order chi connectivity index (χ0) is 13.0. The van der Waals surface area contributed by atoms with Gasteiger partial charge in [-0.1, -0.05) is 29.8 Å². The third-order valence-electron chi connectivity index (χ3n) is 2.66. The minimum absolute atomic E-state index is 0.292. The summed E-state index contributed by atoms with van der Waals surface area (Å²) < 4.78 is 7.41. The average molecular weight is 266 g/mol. The molecule has 0 spiro atoms. The number of para-hydroxylation sites is 1.